The quantitative estimate of drug-likeness (QED) is 0.261. The van der Waals surface area contributed by atoms with Crippen molar-refractivity contribution in [1.29, 1.82) is 0 Å². The van der Waals surface area contributed by atoms with Crippen molar-refractivity contribution >= 4 is 11.8 Å². The Labute approximate surface area is 75.7 Å². The van der Waals surface area contributed by atoms with Crippen molar-refractivity contribution in [3.8, 4) is 0 Å². The topological polar surface area (TPSA) is 54.4 Å². The van der Waals surface area contributed by atoms with Crippen molar-refractivity contribution in [2.75, 3.05) is 0 Å². The molecule has 4 heteroatoms. The summed E-state index contributed by atoms with van der Waals surface area (Å²) in [5.41, 5.74) is 0. The Kier molecular flexibility index (Phi) is 8.27. The number of carbonyl (C=O) groups excluding carboxylic acids is 1. The summed E-state index contributed by atoms with van der Waals surface area (Å²) >= 11 is 0. The van der Waals surface area contributed by atoms with Crippen molar-refractivity contribution in [2.24, 2.45) is 0 Å². The molecule has 46 valence electrons. The molecule has 0 amide bonds. The van der Waals surface area contributed by atoms with Crippen LogP contribution >= 0.6 is 0 Å². The molecule has 1 N–H and O–H groups in total. The van der Waals surface area contributed by atoms with Gasteiger partial charge in [0.15, 0.2) is 0 Å². The molecule has 0 bridgehead atoms. The molecule has 0 aliphatic carbocycles. The molecule has 0 aromatic heterocycles. The zero-order chi connectivity index (χ0) is 6.57. The second kappa shape index (κ2) is 6.26. The summed E-state index contributed by atoms with van der Waals surface area (Å²) in [4.78, 5) is 19.9. The first-order chi connectivity index (χ1) is 3.66. The molecule has 0 aliphatic rings. The molecule has 0 saturated heterocycles. The van der Waals surface area contributed by atoms with Crippen molar-refractivity contribution in [2.45, 2.75) is 12.8 Å². The molecule has 0 heterocycles. The maximum absolute atomic E-state index is 10.2. The Morgan fingerprint density at radius 2 is 1.89 bits per heavy atom. The standard InChI is InChI=1S/C5H7O3.Na/c1-2-4(6)3-5(7)8;/h1-3H2,(H,7,8);/q-1;+1. The third kappa shape index (κ3) is 8.14. The van der Waals surface area contributed by atoms with E-state index in [2.05, 4.69) is 6.92 Å². The van der Waals surface area contributed by atoms with Crippen LogP contribution in [0, 0.1) is 6.92 Å². The van der Waals surface area contributed by atoms with Gasteiger partial charge in [-0.25, -0.2) is 0 Å². The Morgan fingerprint density at radius 3 is 2.00 bits per heavy atom. The average molecular weight is 138 g/mol. The van der Waals surface area contributed by atoms with E-state index in [9.17, 15) is 9.59 Å². The number of Topliss-reactive ketones (excluding diaryl/α,β-unsaturated/α-hetero) is 1. The molecule has 0 unspecified atom stereocenters. The molecule has 0 fully saturated rings. The number of aliphatic carboxylic acids is 1. The summed E-state index contributed by atoms with van der Waals surface area (Å²) in [7, 11) is 0. The first-order valence-electron chi connectivity index (χ1n) is 2.19. The van der Waals surface area contributed by atoms with E-state index in [-0.39, 0.29) is 41.8 Å². The predicted octanol–water partition coefficient (Wildman–Crippen LogP) is -2.74. The molecule has 0 rings (SSSR count). The summed E-state index contributed by atoms with van der Waals surface area (Å²) in [5, 5.41) is 7.97. The third-order valence-electron chi connectivity index (χ3n) is 0.627. The van der Waals surface area contributed by atoms with Crippen LogP contribution < -0.4 is 29.6 Å². The van der Waals surface area contributed by atoms with Gasteiger partial charge < -0.3 is 16.8 Å². The minimum absolute atomic E-state index is 0. The average Bonchev–Trinajstić information content (AvgIpc) is 1.65. The van der Waals surface area contributed by atoms with E-state index in [0.29, 0.717) is 0 Å². The van der Waals surface area contributed by atoms with E-state index in [1.165, 1.54) is 0 Å². The second-order valence-corrected chi connectivity index (χ2v) is 1.36. The molecule has 0 aromatic carbocycles. The summed E-state index contributed by atoms with van der Waals surface area (Å²) in [6.45, 7) is 3.23. The fourth-order valence-electron chi connectivity index (χ4n) is 0.257. The first-order valence-corrected chi connectivity index (χ1v) is 2.19. The first kappa shape index (κ1) is 11.9. The van der Waals surface area contributed by atoms with Gasteiger partial charge >= 0.3 is 35.5 Å². The van der Waals surface area contributed by atoms with Crippen LogP contribution in [-0.4, -0.2) is 16.9 Å². The number of hydrogen-bond acceptors (Lipinski definition) is 2. The Balaban J connectivity index is 0. The van der Waals surface area contributed by atoms with Gasteiger partial charge in [-0.3, -0.25) is 4.79 Å². The van der Waals surface area contributed by atoms with Crippen molar-refractivity contribution in [3.63, 3.8) is 0 Å². The van der Waals surface area contributed by atoms with Gasteiger partial charge in [-0.2, -0.15) is 0 Å². The van der Waals surface area contributed by atoms with Crippen LogP contribution in [0.25, 0.3) is 0 Å². The molecule has 0 aromatic rings. The van der Waals surface area contributed by atoms with E-state index >= 15 is 0 Å². The number of carboxylic acid groups (broad SMARTS) is 1. The fourth-order valence-corrected chi connectivity index (χ4v) is 0.257. The van der Waals surface area contributed by atoms with Gasteiger partial charge in [0.1, 0.15) is 12.2 Å². The predicted molar refractivity (Wildman–Crippen MR) is 27.2 cm³/mol. The van der Waals surface area contributed by atoms with Gasteiger partial charge in [0.25, 0.3) is 0 Å². The fraction of sp³-hybridized carbons (Fsp3) is 0.400. The van der Waals surface area contributed by atoms with Crippen LogP contribution in [0.15, 0.2) is 0 Å². The summed E-state index contributed by atoms with van der Waals surface area (Å²) in [6, 6.07) is 0. The van der Waals surface area contributed by atoms with Gasteiger partial charge in [0.2, 0.25) is 0 Å². The Morgan fingerprint density at radius 1 is 1.44 bits per heavy atom. The molecule has 0 spiro atoms. The van der Waals surface area contributed by atoms with E-state index in [1.807, 2.05) is 0 Å². The van der Waals surface area contributed by atoms with Gasteiger partial charge in [0.05, 0.1) is 0 Å². The molecule has 3 nitrogen and oxygen atoms in total. The van der Waals surface area contributed by atoms with E-state index < -0.39 is 12.4 Å². The monoisotopic (exact) mass is 138 g/mol. The van der Waals surface area contributed by atoms with Gasteiger partial charge in [-0.1, -0.05) is 0 Å². The molecular weight excluding hydrogens is 131 g/mol. The zero-order valence-electron chi connectivity index (χ0n) is 5.39. The molecule has 0 aliphatic heterocycles. The molecule has 0 radical (unpaired) electrons. The van der Waals surface area contributed by atoms with E-state index in [4.69, 9.17) is 5.11 Å². The van der Waals surface area contributed by atoms with E-state index in [0.717, 1.165) is 0 Å². The minimum Gasteiger partial charge on any atom is -0.481 e. The van der Waals surface area contributed by atoms with Crippen LogP contribution in [0.4, 0.5) is 0 Å². The Bertz CT molecular complexity index is 111. The van der Waals surface area contributed by atoms with Gasteiger partial charge in [-0.05, 0) is 0 Å². The largest absolute Gasteiger partial charge is 1.00 e. The molecule has 9 heavy (non-hydrogen) atoms. The maximum Gasteiger partial charge on any atom is 1.00 e. The van der Waals surface area contributed by atoms with Crippen LogP contribution in [0.5, 0.6) is 0 Å². The smallest absolute Gasteiger partial charge is 0.481 e. The SMILES string of the molecule is [CH2-]CC(=O)CC(=O)O.[Na+]. The van der Waals surface area contributed by atoms with E-state index in [1.54, 1.807) is 0 Å². The van der Waals surface area contributed by atoms with Crippen molar-refractivity contribution in [3.05, 3.63) is 6.92 Å². The Hall–Kier alpha value is 0.140. The summed E-state index contributed by atoms with van der Waals surface area (Å²) < 4.78 is 0. The normalized spacial score (nSPS) is 7.67. The van der Waals surface area contributed by atoms with Gasteiger partial charge in [0, 0.05) is 0 Å². The zero-order valence-corrected chi connectivity index (χ0v) is 7.39. The summed E-state index contributed by atoms with van der Waals surface area (Å²) in [5.74, 6) is -1.42. The number of ketones is 1. The molecular formula is C5H7NaO3. The number of hydrogen-bond donors (Lipinski definition) is 1. The number of carboxylic acids is 1. The number of carbonyl (C=O) groups is 2. The van der Waals surface area contributed by atoms with Crippen LogP contribution in [0.3, 0.4) is 0 Å². The number of rotatable bonds is 3. The van der Waals surface area contributed by atoms with Crippen LogP contribution in [0.2, 0.25) is 0 Å². The summed E-state index contributed by atoms with van der Waals surface area (Å²) in [6.07, 6.45) is -0.338. The van der Waals surface area contributed by atoms with Crippen molar-refractivity contribution in [1.82, 2.24) is 0 Å². The van der Waals surface area contributed by atoms with Crippen molar-refractivity contribution < 1.29 is 44.3 Å². The third-order valence-corrected chi connectivity index (χ3v) is 0.627. The van der Waals surface area contributed by atoms with Gasteiger partial charge in [-0.15, -0.1) is 6.42 Å². The second-order valence-electron chi connectivity index (χ2n) is 1.36. The maximum atomic E-state index is 10.2. The molecule has 0 saturated carbocycles. The van der Waals surface area contributed by atoms with Crippen LogP contribution in [-0.2, 0) is 9.59 Å². The van der Waals surface area contributed by atoms with Crippen LogP contribution in [0.1, 0.15) is 12.8 Å². The molecule has 0 atom stereocenters. The minimum atomic E-state index is -1.08.